The number of hydrogen-bond donors (Lipinski definition) is 1. The maximum Gasteiger partial charge on any atom is 0.123 e. The van der Waals surface area contributed by atoms with Crippen molar-refractivity contribution in [1.82, 2.24) is 0 Å². The third-order valence-electron chi connectivity index (χ3n) is 1.68. The van der Waals surface area contributed by atoms with Gasteiger partial charge in [0, 0.05) is 12.0 Å². The summed E-state index contributed by atoms with van der Waals surface area (Å²) in [6.45, 7) is -0.0881. The van der Waals surface area contributed by atoms with Crippen molar-refractivity contribution >= 4 is 0 Å². The van der Waals surface area contributed by atoms with Gasteiger partial charge < -0.3 is 9.84 Å². The first-order chi connectivity index (χ1) is 6.38. The van der Waals surface area contributed by atoms with Gasteiger partial charge in [0.1, 0.15) is 12.4 Å². The van der Waals surface area contributed by atoms with Crippen LogP contribution in [0.4, 0.5) is 0 Å². The summed E-state index contributed by atoms with van der Waals surface area (Å²) in [5, 5.41) is 8.47. The molecular formula is C11H12O2. The number of aliphatic hydroxyl groups excluding tert-OH is 1. The van der Waals surface area contributed by atoms with Crippen LogP contribution in [0.1, 0.15) is 5.56 Å². The Bertz CT molecular complexity index is 320. The molecule has 0 aliphatic rings. The Balaban J connectivity index is 2.75. The third-order valence-corrected chi connectivity index (χ3v) is 1.68. The number of ether oxygens (including phenoxy) is 1. The van der Waals surface area contributed by atoms with Crippen LogP contribution in [0.5, 0.6) is 5.75 Å². The number of hydrogen-bond acceptors (Lipinski definition) is 2. The van der Waals surface area contributed by atoms with E-state index in [-0.39, 0.29) is 6.61 Å². The highest BCUT2D eigenvalue weighted by Crippen LogP contribution is 2.16. The van der Waals surface area contributed by atoms with Crippen molar-refractivity contribution in [3.05, 3.63) is 29.8 Å². The molecule has 0 saturated carbocycles. The number of methoxy groups -OCH3 is 1. The summed E-state index contributed by atoms with van der Waals surface area (Å²) in [5.41, 5.74) is 1.05. The molecule has 0 atom stereocenters. The molecule has 0 saturated heterocycles. The van der Waals surface area contributed by atoms with Gasteiger partial charge in [-0.2, -0.15) is 0 Å². The fraction of sp³-hybridized carbons (Fsp3) is 0.273. The lowest BCUT2D eigenvalue weighted by molar-refractivity contribution is 0.350. The summed E-state index contributed by atoms with van der Waals surface area (Å²) < 4.78 is 5.15. The van der Waals surface area contributed by atoms with Gasteiger partial charge in [0.2, 0.25) is 0 Å². The fourth-order valence-electron chi connectivity index (χ4n) is 1.06. The van der Waals surface area contributed by atoms with E-state index in [1.165, 1.54) is 0 Å². The minimum Gasteiger partial charge on any atom is -0.496 e. The lowest BCUT2D eigenvalue weighted by Crippen LogP contribution is -1.90. The maximum atomic E-state index is 8.47. The first-order valence-corrected chi connectivity index (χ1v) is 4.07. The van der Waals surface area contributed by atoms with Crippen LogP contribution in [0.2, 0.25) is 0 Å². The summed E-state index contributed by atoms with van der Waals surface area (Å²) in [6.07, 6.45) is 0.616. The van der Waals surface area contributed by atoms with Gasteiger partial charge >= 0.3 is 0 Å². The molecule has 0 amide bonds. The third kappa shape index (κ3) is 2.81. The SMILES string of the molecule is COc1ccccc1CC#CCO. The van der Waals surface area contributed by atoms with Gasteiger partial charge in [-0.15, -0.1) is 0 Å². The minimum atomic E-state index is -0.0881. The van der Waals surface area contributed by atoms with E-state index in [1.807, 2.05) is 24.3 Å². The average molecular weight is 176 g/mol. The van der Waals surface area contributed by atoms with Crippen LogP contribution in [-0.2, 0) is 6.42 Å². The fourth-order valence-corrected chi connectivity index (χ4v) is 1.06. The molecule has 1 N–H and O–H groups in total. The Kier molecular flexibility index (Phi) is 3.87. The summed E-state index contributed by atoms with van der Waals surface area (Å²) in [7, 11) is 1.64. The highest BCUT2D eigenvalue weighted by atomic mass is 16.5. The Morgan fingerprint density at radius 1 is 1.31 bits per heavy atom. The molecule has 13 heavy (non-hydrogen) atoms. The molecule has 0 radical (unpaired) electrons. The van der Waals surface area contributed by atoms with E-state index in [1.54, 1.807) is 7.11 Å². The van der Waals surface area contributed by atoms with Gasteiger partial charge in [-0.05, 0) is 6.07 Å². The zero-order valence-electron chi connectivity index (χ0n) is 7.58. The standard InChI is InChI=1S/C11H12O2/c1-13-11-8-3-2-6-10(11)7-4-5-9-12/h2-3,6,8,12H,7,9H2,1H3. The molecule has 1 aromatic carbocycles. The van der Waals surface area contributed by atoms with Gasteiger partial charge in [-0.25, -0.2) is 0 Å². The number of rotatable bonds is 2. The van der Waals surface area contributed by atoms with Crippen LogP contribution in [0.25, 0.3) is 0 Å². The molecule has 0 spiro atoms. The van der Waals surface area contributed by atoms with Gasteiger partial charge in [-0.1, -0.05) is 30.0 Å². The second-order valence-corrected chi connectivity index (χ2v) is 2.50. The minimum absolute atomic E-state index is 0.0881. The summed E-state index contributed by atoms with van der Waals surface area (Å²) >= 11 is 0. The predicted octanol–water partition coefficient (Wildman–Crippen LogP) is 1.23. The van der Waals surface area contributed by atoms with Crippen molar-refractivity contribution < 1.29 is 9.84 Å². The lowest BCUT2D eigenvalue weighted by atomic mass is 10.1. The smallest absolute Gasteiger partial charge is 0.123 e. The van der Waals surface area contributed by atoms with Crippen LogP contribution in [-0.4, -0.2) is 18.8 Å². The molecule has 0 fully saturated rings. The van der Waals surface area contributed by atoms with Crippen LogP contribution < -0.4 is 4.74 Å². The van der Waals surface area contributed by atoms with Crippen molar-refractivity contribution in [3.8, 4) is 17.6 Å². The van der Waals surface area contributed by atoms with Gasteiger partial charge in [0.25, 0.3) is 0 Å². The second kappa shape index (κ2) is 5.23. The average Bonchev–Trinajstić information content (AvgIpc) is 2.19. The van der Waals surface area contributed by atoms with E-state index < -0.39 is 0 Å². The molecule has 2 heteroatoms. The summed E-state index contributed by atoms with van der Waals surface area (Å²) in [5.74, 6) is 6.29. The first kappa shape index (κ1) is 9.63. The van der Waals surface area contributed by atoms with Crippen molar-refractivity contribution in [3.63, 3.8) is 0 Å². The van der Waals surface area contributed by atoms with Crippen LogP contribution in [0.3, 0.4) is 0 Å². The van der Waals surface area contributed by atoms with Crippen LogP contribution in [0, 0.1) is 11.8 Å². The van der Waals surface area contributed by atoms with Gasteiger partial charge in [0.15, 0.2) is 0 Å². The summed E-state index contributed by atoms with van der Waals surface area (Å²) in [6, 6.07) is 7.72. The van der Waals surface area contributed by atoms with Crippen molar-refractivity contribution in [2.45, 2.75) is 6.42 Å². The second-order valence-electron chi connectivity index (χ2n) is 2.50. The van der Waals surface area contributed by atoms with E-state index in [0.29, 0.717) is 6.42 Å². The molecule has 0 aliphatic carbocycles. The molecule has 68 valence electrons. The summed E-state index contributed by atoms with van der Waals surface area (Å²) in [4.78, 5) is 0. The molecular weight excluding hydrogens is 164 g/mol. The van der Waals surface area contributed by atoms with Crippen molar-refractivity contribution in [1.29, 1.82) is 0 Å². The molecule has 1 rings (SSSR count). The van der Waals surface area contributed by atoms with E-state index in [9.17, 15) is 0 Å². The maximum absolute atomic E-state index is 8.47. The van der Waals surface area contributed by atoms with E-state index in [0.717, 1.165) is 11.3 Å². The van der Waals surface area contributed by atoms with Crippen LogP contribution in [0.15, 0.2) is 24.3 Å². The first-order valence-electron chi connectivity index (χ1n) is 4.07. The molecule has 0 aromatic heterocycles. The normalized spacial score (nSPS) is 8.77. The predicted molar refractivity (Wildman–Crippen MR) is 51.6 cm³/mol. The highest BCUT2D eigenvalue weighted by molar-refractivity contribution is 5.35. The van der Waals surface area contributed by atoms with Gasteiger partial charge in [-0.3, -0.25) is 0 Å². The monoisotopic (exact) mass is 176 g/mol. The Morgan fingerprint density at radius 2 is 2.08 bits per heavy atom. The van der Waals surface area contributed by atoms with Crippen molar-refractivity contribution in [2.75, 3.05) is 13.7 Å². The number of benzene rings is 1. The Morgan fingerprint density at radius 3 is 2.77 bits per heavy atom. The van der Waals surface area contributed by atoms with E-state index >= 15 is 0 Å². The molecule has 0 unspecified atom stereocenters. The largest absolute Gasteiger partial charge is 0.496 e. The quantitative estimate of drug-likeness (QED) is 0.687. The molecule has 0 bridgehead atoms. The molecule has 0 heterocycles. The van der Waals surface area contributed by atoms with Crippen LogP contribution >= 0.6 is 0 Å². The Hall–Kier alpha value is -1.46. The molecule has 0 aliphatic heterocycles. The number of para-hydroxylation sites is 1. The van der Waals surface area contributed by atoms with E-state index in [2.05, 4.69) is 11.8 Å². The molecule has 2 nitrogen and oxygen atoms in total. The highest BCUT2D eigenvalue weighted by Gasteiger charge is 1.97. The zero-order valence-corrected chi connectivity index (χ0v) is 7.58. The topological polar surface area (TPSA) is 29.5 Å². The molecule has 1 aromatic rings. The zero-order chi connectivity index (χ0) is 9.52. The Labute approximate surface area is 78.2 Å². The van der Waals surface area contributed by atoms with Crippen molar-refractivity contribution in [2.24, 2.45) is 0 Å². The van der Waals surface area contributed by atoms with Gasteiger partial charge in [0.05, 0.1) is 7.11 Å². The lowest BCUT2D eigenvalue weighted by Gasteiger charge is -2.03. The van der Waals surface area contributed by atoms with E-state index in [4.69, 9.17) is 9.84 Å². The number of aliphatic hydroxyl groups is 1.